The van der Waals surface area contributed by atoms with Gasteiger partial charge in [-0.15, -0.1) is 0 Å². The molecule has 1 N–H and O–H groups in total. The fraction of sp³-hybridized carbons (Fsp3) is 0.767. The molecule has 0 saturated heterocycles. The Labute approximate surface area is 198 Å². The first-order chi connectivity index (χ1) is 15.1. The fourth-order valence-corrected chi connectivity index (χ4v) is 6.05. The van der Waals surface area contributed by atoms with Crippen LogP contribution in [0, 0.1) is 23.2 Å². The van der Waals surface area contributed by atoms with Crippen molar-refractivity contribution in [2.45, 2.75) is 124 Å². The Morgan fingerprint density at radius 1 is 1.16 bits per heavy atom. The Morgan fingerprint density at radius 2 is 1.81 bits per heavy atom. The van der Waals surface area contributed by atoms with Crippen molar-refractivity contribution < 1.29 is 9.90 Å². The van der Waals surface area contributed by atoms with Crippen molar-refractivity contribution in [1.29, 1.82) is 0 Å². The number of aliphatic hydroxyl groups is 1. The third-order valence-corrected chi connectivity index (χ3v) is 9.47. The van der Waals surface area contributed by atoms with E-state index in [1.54, 1.807) is 5.57 Å². The molecule has 0 aromatic rings. The van der Waals surface area contributed by atoms with Crippen LogP contribution in [0.3, 0.4) is 0 Å². The van der Waals surface area contributed by atoms with E-state index in [1.807, 2.05) is 13.8 Å². The minimum absolute atomic E-state index is 0.0307. The standard InChI is InChI=1S/C30H50O2/c1-8-30(32,9-2)28(31)19-16-22(3)25(6)29(7)20-12-14-26(21-24(29)5)17-18-27-15-11-10-13-23(27)4/h17-18,22,24-25,32H,4,8-16,19-21H2,1-3,5-7H3/b26-17+,27-18-/t22-,24?,25?,29+/m1/s1. The topological polar surface area (TPSA) is 37.3 Å². The third kappa shape index (κ3) is 6.46. The van der Waals surface area contributed by atoms with Gasteiger partial charge in [0.1, 0.15) is 5.60 Å². The summed E-state index contributed by atoms with van der Waals surface area (Å²) in [6.07, 6.45) is 17.0. The molecule has 2 unspecified atom stereocenters. The van der Waals surface area contributed by atoms with E-state index in [-0.39, 0.29) is 11.2 Å². The summed E-state index contributed by atoms with van der Waals surface area (Å²) >= 11 is 0. The Kier molecular flexibility index (Phi) is 10.0. The molecule has 2 aliphatic carbocycles. The third-order valence-electron chi connectivity index (χ3n) is 9.47. The molecule has 0 amide bonds. The summed E-state index contributed by atoms with van der Waals surface area (Å²) in [5.41, 5.74) is 3.56. The molecule has 0 aliphatic heterocycles. The van der Waals surface area contributed by atoms with Crippen molar-refractivity contribution in [3.8, 4) is 0 Å². The Balaban J connectivity index is 2.02. The first-order valence-electron chi connectivity index (χ1n) is 13.4. The van der Waals surface area contributed by atoms with Gasteiger partial charge in [0.15, 0.2) is 5.78 Å². The summed E-state index contributed by atoms with van der Waals surface area (Å²) in [6, 6.07) is 0. The molecule has 2 fully saturated rings. The predicted molar refractivity (Wildman–Crippen MR) is 138 cm³/mol. The van der Waals surface area contributed by atoms with Gasteiger partial charge in [0.2, 0.25) is 0 Å². The smallest absolute Gasteiger partial charge is 0.164 e. The number of Topliss-reactive ketones (excluding diaryl/α,β-unsaturated/α-hetero) is 1. The van der Waals surface area contributed by atoms with E-state index in [0.29, 0.717) is 37.0 Å². The summed E-state index contributed by atoms with van der Waals surface area (Å²) in [4.78, 5) is 12.6. The maximum atomic E-state index is 12.6. The van der Waals surface area contributed by atoms with Gasteiger partial charge >= 0.3 is 0 Å². The van der Waals surface area contributed by atoms with Gasteiger partial charge < -0.3 is 5.11 Å². The fourth-order valence-electron chi connectivity index (χ4n) is 6.05. The van der Waals surface area contributed by atoms with Gasteiger partial charge in [-0.3, -0.25) is 4.79 Å². The Bertz CT molecular complexity index is 708. The van der Waals surface area contributed by atoms with Crippen molar-refractivity contribution >= 4 is 5.78 Å². The van der Waals surface area contributed by atoms with Gasteiger partial charge in [-0.25, -0.2) is 0 Å². The van der Waals surface area contributed by atoms with Crippen LogP contribution in [-0.2, 0) is 4.79 Å². The number of allylic oxidation sites excluding steroid dienone is 5. The Morgan fingerprint density at radius 3 is 2.44 bits per heavy atom. The largest absolute Gasteiger partial charge is 0.382 e. The first kappa shape index (κ1) is 27.1. The van der Waals surface area contributed by atoms with Gasteiger partial charge in [0.25, 0.3) is 0 Å². The van der Waals surface area contributed by atoms with Crippen molar-refractivity contribution in [1.82, 2.24) is 0 Å². The van der Waals surface area contributed by atoms with Gasteiger partial charge in [-0.2, -0.15) is 0 Å². The van der Waals surface area contributed by atoms with Crippen molar-refractivity contribution in [2.24, 2.45) is 23.2 Å². The van der Waals surface area contributed by atoms with E-state index in [0.717, 1.165) is 12.8 Å². The lowest BCUT2D eigenvalue weighted by molar-refractivity contribution is -0.138. The van der Waals surface area contributed by atoms with Crippen molar-refractivity contribution in [3.05, 3.63) is 35.5 Å². The summed E-state index contributed by atoms with van der Waals surface area (Å²) < 4.78 is 0. The maximum absolute atomic E-state index is 12.6. The van der Waals surface area contributed by atoms with E-state index in [9.17, 15) is 9.90 Å². The summed E-state index contributed by atoms with van der Waals surface area (Å²) in [7, 11) is 0. The second kappa shape index (κ2) is 11.8. The molecule has 0 aromatic carbocycles. The highest BCUT2D eigenvalue weighted by molar-refractivity contribution is 5.86. The summed E-state index contributed by atoms with van der Waals surface area (Å²) in [5, 5.41) is 10.6. The van der Waals surface area contributed by atoms with Crippen LogP contribution in [0.1, 0.15) is 119 Å². The zero-order chi connectivity index (χ0) is 23.9. The molecule has 0 bridgehead atoms. The second-order valence-corrected chi connectivity index (χ2v) is 11.3. The molecule has 0 radical (unpaired) electrons. The number of carbonyl (C=O) groups is 1. The minimum Gasteiger partial charge on any atom is -0.382 e. The van der Waals surface area contributed by atoms with E-state index in [1.165, 1.54) is 56.1 Å². The van der Waals surface area contributed by atoms with Crippen LogP contribution in [0.5, 0.6) is 0 Å². The Hall–Kier alpha value is -1.15. The molecule has 2 saturated carbocycles. The number of hydrogen-bond acceptors (Lipinski definition) is 2. The average molecular weight is 443 g/mol. The molecular formula is C30H50O2. The number of carbonyl (C=O) groups excluding carboxylic acids is 1. The molecular weight excluding hydrogens is 392 g/mol. The van der Waals surface area contributed by atoms with Gasteiger partial charge in [-0.05, 0) is 99.4 Å². The van der Waals surface area contributed by atoms with Gasteiger partial charge in [0.05, 0.1) is 0 Å². The van der Waals surface area contributed by atoms with Gasteiger partial charge in [-0.1, -0.05) is 71.4 Å². The van der Waals surface area contributed by atoms with Crippen LogP contribution in [0.25, 0.3) is 0 Å². The highest BCUT2D eigenvalue weighted by atomic mass is 16.3. The van der Waals surface area contributed by atoms with Crippen LogP contribution in [0.2, 0.25) is 0 Å². The lowest BCUT2D eigenvalue weighted by Crippen LogP contribution is -2.38. The summed E-state index contributed by atoms with van der Waals surface area (Å²) in [6.45, 7) is 17.7. The number of ketones is 1. The molecule has 2 heteroatoms. The van der Waals surface area contributed by atoms with E-state index >= 15 is 0 Å². The van der Waals surface area contributed by atoms with E-state index in [2.05, 4.69) is 46.4 Å². The maximum Gasteiger partial charge on any atom is 0.164 e. The average Bonchev–Trinajstić information content (AvgIpc) is 2.94. The number of hydrogen-bond donors (Lipinski definition) is 1. The normalized spacial score (nSPS) is 29.7. The minimum atomic E-state index is -1.12. The highest BCUT2D eigenvalue weighted by Crippen LogP contribution is 2.49. The zero-order valence-electron chi connectivity index (χ0n) is 21.9. The molecule has 2 nitrogen and oxygen atoms in total. The lowest BCUT2D eigenvalue weighted by Gasteiger charge is -2.43. The van der Waals surface area contributed by atoms with Crippen molar-refractivity contribution in [3.63, 3.8) is 0 Å². The van der Waals surface area contributed by atoms with Crippen LogP contribution in [0.15, 0.2) is 35.5 Å². The quantitative estimate of drug-likeness (QED) is 0.364. The number of rotatable bonds is 9. The summed E-state index contributed by atoms with van der Waals surface area (Å²) in [5.74, 6) is 1.68. The lowest BCUT2D eigenvalue weighted by atomic mass is 9.62. The molecule has 32 heavy (non-hydrogen) atoms. The molecule has 0 aromatic heterocycles. The highest BCUT2D eigenvalue weighted by Gasteiger charge is 2.40. The SMILES string of the molecule is C=C1CCCC/C1=C/C=C1\CCC[C@](C)(C(C)[C@H](C)CCC(=O)C(O)(CC)CC)C(C)C1. The predicted octanol–water partition coefficient (Wildman–Crippen LogP) is 8.36. The van der Waals surface area contributed by atoms with Crippen LogP contribution in [0.4, 0.5) is 0 Å². The molecule has 4 atom stereocenters. The molecule has 2 rings (SSSR count). The molecule has 182 valence electrons. The first-order valence-corrected chi connectivity index (χ1v) is 13.4. The van der Waals surface area contributed by atoms with Crippen LogP contribution >= 0.6 is 0 Å². The monoisotopic (exact) mass is 442 g/mol. The molecule has 2 aliphatic rings. The zero-order valence-corrected chi connectivity index (χ0v) is 21.9. The van der Waals surface area contributed by atoms with Gasteiger partial charge in [0, 0.05) is 6.42 Å². The van der Waals surface area contributed by atoms with Crippen LogP contribution in [-0.4, -0.2) is 16.5 Å². The van der Waals surface area contributed by atoms with Crippen LogP contribution < -0.4 is 0 Å². The molecule has 0 heterocycles. The molecule has 0 spiro atoms. The van der Waals surface area contributed by atoms with E-state index < -0.39 is 5.60 Å². The second-order valence-electron chi connectivity index (χ2n) is 11.3. The van der Waals surface area contributed by atoms with Crippen molar-refractivity contribution in [2.75, 3.05) is 0 Å². The van der Waals surface area contributed by atoms with E-state index in [4.69, 9.17) is 0 Å².